The van der Waals surface area contributed by atoms with E-state index < -0.39 is 21.7 Å². The second-order valence-corrected chi connectivity index (χ2v) is 6.85. The highest BCUT2D eigenvalue weighted by Crippen LogP contribution is 2.30. The molecule has 1 heterocycles. The average Bonchev–Trinajstić information content (AvgIpc) is 2.78. The van der Waals surface area contributed by atoms with E-state index in [2.05, 4.69) is 4.72 Å². The Morgan fingerprint density at radius 3 is 2.35 bits per heavy atom. The highest BCUT2D eigenvalue weighted by Gasteiger charge is 2.19. The number of sulfonamides is 1. The molecule has 0 radical (unpaired) electrons. The lowest BCUT2D eigenvalue weighted by Gasteiger charge is -2.11. The first kappa shape index (κ1) is 17.0. The van der Waals surface area contributed by atoms with E-state index in [-0.39, 0.29) is 28.4 Å². The number of nitrogens with one attached hydrogen (secondary N) is 1. The van der Waals surface area contributed by atoms with E-state index in [4.69, 9.17) is 5.26 Å². The van der Waals surface area contributed by atoms with Gasteiger partial charge in [-0.3, -0.25) is 4.72 Å². The van der Waals surface area contributed by atoms with Gasteiger partial charge in [0.2, 0.25) is 10.0 Å². The minimum Gasteiger partial charge on any atom is -0.335 e. The molecular weight excluding hydrogens is 324 g/mol. The molecule has 0 fully saturated rings. The van der Waals surface area contributed by atoms with Gasteiger partial charge in [-0.25, -0.2) is 17.2 Å². The second-order valence-electron chi connectivity index (χ2n) is 5.01. The molecule has 0 atom stereocenters. The monoisotopic (exact) mass is 339 g/mol. The number of benzene rings is 1. The standard InChI is InChI=1S/C15H15F2N3O2S/c1-3-6-23(21,22)19-10-7-12(16)15(13(17)8-10)14-5-4-11(9-18)20(14)2/h4-5,7-8,19H,3,6H2,1-2H3. The molecule has 0 saturated carbocycles. The average molecular weight is 339 g/mol. The molecule has 0 saturated heterocycles. The Balaban J connectivity index is 2.46. The van der Waals surface area contributed by atoms with E-state index in [1.807, 2.05) is 6.07 Å². The predicted molar refractivity (Wildman–Crippen MR) is 83.2 cm³/mol. The Bertz CT molecular complexity index is 860. The zero-order valence-electron chi connectivity index (χ0n) is 12.6. The van der Waals surface area contributed by atoms with Gasteiger partial charge >= 0.3 is 0 Å². The normalized spacial score (nSPS) is 11.3. The fourth-order valence-corrected chi connectivity index (χ4v) is 3.37. The number of nitrogens with zero attached hydrogens (tertiary/aromatic N) is 2. The largest absolute Gasteiger partial charge is 0.335 e. The van der Waals surface area contributed by atoms with Crippen LogP contribution in [0, 0.1) is 23.0 Å². The van der Waals surface area contributed by atoms with Gasteiger partial charge in [-0.1, -0.05) is 6.92 Å². The third-order valence-electron chi connectivity index (χ3n) is 3.28. The summed E-state index contributed by atoms with van der Waals surface area (Å²) in [4.78, 5) is 0. The molecule has 0 aliphatic heterocycles. The van der Waals surface area contributed by atoms with Gasteiger partial charge < -0.3 is 4.57 Å². The molecule has 2 aromatic rings. The van der Waals surface area contributed by atoms with Gasteiger partial charge in [0.25, 0.3) is 0 Å². The van der Waals surface area contributed by atoms with Crippen LogP contribution in [-0.2, 0) is 17.1 Å². The van der Waals surface area contributed by atoms with E-state index in [0.29, 0.717) is 6.42 Å². The molecule has 122 valence electrons. The molecule has 1 N–H and O–H groups in total. The van der Waals surface area contributed by atoms with Crippen LogP contribution in [0.3, 0.4) is 0 Å². The summed E-state index contributed by atoms with van der Waals surface area (Å²) >= 11 is 0. The van der Waals surface area contributed by atoms with E-state index in [1.54, 1.807) is 6.92 Å². The van der Waals surface area contributed by atoms with Crippen LogP contribution < -0.4 is 4.72 Å². The number of aromatic nitrogens is 1. The van der Waals surface area contributed by atoms with Gasteiger partial charge in [0.15, 0.2) is 0 Å². The lowest BCUT2D eigenvalue weighted by Crippen LogP contribution is -2.16. The van der Waals surface area contributed by atoms with Crippen molar-refractivity contribution in [3.63, 3.8) is 0 Å². The molecule has 23 heavy (non-hydrogen) atoms. The third-order valence-corrected chi connectivity index (χ3v) is 4.77. The Kier molecular flexibility index (Phi) is 4.71. The van der Waals surface area contributed by atoms with Crippen LogP contribution in [0.1, 0.15) is 19.0 Å². The quantitative estimate of drug-likeness (QED) is 0.910. The smallest absolute Gasteiger partial charge is 0.232 e. The number of halogens is 2. The lowest BCUT2D eigenvalue weighted by atomic mass is 10.1. The summed E-state index contributed by atoms with van der Waals surface area (Å²) in [7, 11) is -2.12. The van der Waals surface area contributed by atoms with Crippen molar-refractivity contribution in [3.8, 4) is 17.3 Å². The Morgan fingerprint density at radius 1 is 1.26 bits per heavy atom. The third kappa shape index (κ3) is 3.51. The predicted octanol–water partition coefficient (Wildman–Crippen LogP) is 2.99. The van der Waals surface area contributed by atoms with Gasteiger partial charge in [-0.15, -0.1) is 0 Å². The van der Waals surface area contributed by atoms with E-state index in [1.165, 1.54) is 23.7 Å². The first-order chi connectivity index (χ1) is 10.8. The van der Waals surface area contributed by atoms with Crippen LogP contribution in [0.25, 0.3) is 11.3 Å². The number of nitriles is 1. The summed E-state index contributed by atoms with van der Waals surface area (Å²) in [5.74, 6) is -1.96. The molecule has 0 spiro atoms. The molecule has 1 aromatic heterocycles. The minimum atomic E-state index is -3.64. The summed E-state index contributed by atoms with van der Waals surface area (Å²) in [5.41, 5.74) is -0.0367. The van der Waals surface area contributed by atoms with Crippen molar-refractivity contribution < 1.29 is 17.2 Å². The maximum atomic E-state index is 14.3. The maximum absolute atomic E-state index is 14.3. The van der Waals surface area contributed by atoms with Crippen molar-refractivity contribution in [3.05, 3.63) is 41.6 Å². The fourth-order valence-electron chi connectivity index (χ4n) is 2.25. The fraction of sp³-hybridized carbons (Fsp3) is 0.267. The molecule has 5 nitrogen and oxygen atoms in total. The molecule has 0 aliphatic rings. The van der Waals surface area contributed by atoms with Gasteiger partial charge in [-0.2, -0.15) is 5.26 Å². The zero-order valence-corrected chi connectivity index (χ0v) is 13.4. The SMILES string of the molecule is CCCS(=O)(=O)Nc1cc(F)c(-c2ccc(C#N)n2C)c(F)c1. The van der Waals surface area contributed by atoms with Crippen LogP contribution in [0.4, 0.5) is 14.5 Å². The Hall–Kier alpha value is -2.40. The summed E-state index contributed by atoms with van der Waals surface area (Å²) < 4.78 is 55.4. The molecular formula is C15H15F2N3O2S. The summed E-state index contributed by atoms with van der Waals surface area (Å²) in [6.45, 7) is 1.69. The summed E-state index contributed by atoms with van der Waals surface area (Å²) in [5, 5.41) is 8.90. The van der Waals surface area contributed by atoms with Crippen LogP contribution in [0.2, 0.25) is 0 Å². The first-order valence-corrected chi connectivity index (χ1v) is 8.50. The van der Waals surface area contributed by atoms with Gasteiger partial charge in [0.1, 0.15) is 23.4 Å². The van der Waals surface area contributed by atoms with E-state index in [9.17, 15) is 17.2 Å². The number of anilines is 1. The van der Waals surface area contributed by atoms with Gasteiger partial charge in [-0.05, 0) is 30.7 Å². The second kappa shape index (κ2) is 6.38. The van der Waals surface area contributed by atoms with Gasteiger partial charge in [0, 0.05) is 7.05 Å². The topological polar surface area (TPSA) is 74.9 Å². The van der Waals surface area contributed by atoms with Gasteiger partial charge in [0.05, 0.1) is 22.7 Å². The van der Waals surface area contributed by atoms with Crippen molar-refractivity contribution >= 4 is 15.7 Å². The molecule has 0 amide bonds. The molecule has 1 aromatic carbocycles. The summed E-state index contributed by atoms with van der Waals surface area (Å²) in [6.07, 6.45) is 0.388. The van der Waals surface area contributed by atoms with Crippen LogP contribution in [0.5, 0.6) is 0 Å². The lowest BCUT2D eigenvalue weighted by molar-refractivity contribution is 0.587. The van der Waals surface area contributed by atoms with E-state index >= 15 is 0 Å². The van der Waals surface area contributed by atoms with Crippen molar-refractivity contribution in [2.24, 2.45) is 7.05 Å². The Morgan fingerprint density at radius 2 is 1.87 bits per heavy atom. The summed E-state index contributed by atoms with van der Waals surface area (Å²) in [6, 6.07) is 6.63. The number of hydrogen-bond donors (Lipinski definition) is 1. The van der Waals surface area contributed by atoms with Crippen molar-refractivity contribution in [1.29, 1.82) is 5.26 Å². The maximum Gasteiger partial charge on any atom is 0.232 e. The van der Waals surface area contributed by atoms with Crippen LogP contribution >= 0.6 is 0 Å². The van der Waals surface area contributed by atoms with Crippen LogP contribution in [-0.4, -0.2) is 18.7 Å². The number of rotatable bonds is 5. The highest BCUT2D eigenvalue weighted by atomic mass is 32.2. The molecule has 8 heteroatoms. The minimum absolute atomic E-state index is 0.138. The molecule has 2 rings (SSSR count). The zero-order chi connectivity index (χ0) is 17.2. The van der Waals surface area contributed by atoms with Crippen LogP contribution in [0.15, 0.2) is 24.3 Å². The van der Waals surface area contributed by atoms with Crippen molar-refractivity contribution in [1.82, 2.24) is 4.57 Å². The van der Waals surface area contributed by atoms with Crippen molar-refractivity contribution in [2.75, 3.05) is 10.5 Å². The Labute approximate surface area is 133 Å². The number of hydrogen-bond acceptors (Lipinski definition) is 3. The molecule has 0 unspecified atom stereocenters. The first-order valence-electron chi connectivity index (χ1n) is 6.84. The highest BCUT2D eigenvalue weighted by molar-refractivity contribution is 7.92. The van der Waals surface area contributed by atoms with E-state index in [0.717, 1.165) is 12.1 Å². The molecule has 0 bridgehead atoms. The molecule has 0 aliphatic carbocycles. The van der Waals surface area contributed by atoms with Crippen molar-refractivity contribution in [2.45, 2.75) is 13.3 Å².